The summed E-state index contributed by atoms with van der Waals surface area (Å²) < 4.78 is 13.2. The van der Waals surface area contributed by atoms with E-state index in [1.807, 2.05) is 6.07 Å². The van der Waals surface area contributed by atoms with Crippen LogP contribution in [-0.2, 0) is 0 Å². The van der Waals surface area contributed by atoms with Crippen molar-refractivity contribution in [1.82, 2.24) is 4.90 Å². The molecule has 1 aromatic carbocycles. The van der Waals surface area contributed by atoms with Gasteiger partial charge in [0.15, 0.2) is 0 Å². The zero-order valence-corrected chi connectivity index (χ0v) is 9.70. The van der Waals surface area contributed by atoms with Gasteiger partial charge in [0.2, 0.25) is 0 Å². The number of nitrogens with two attached hydrogens (primary N) is 1. The van der Waals surface area contributed by atoms with E-state index in [1.165, 1.54) is 12.5 Å². The minimum atomic E-state index is -0.178. The Labute approximate surface area is 96.2 Å². The highest BCUT2D eigenvalue weighted by molar-refractivity contribution is 5.22. The van der Waals surface area contributed by atoms with Crippen molar-refractivity contribution < 1.29 is 4.39 Å². The predicted molar refractivity (Wildman–Crippen MR) is 63.6 cm³/mol. The minimum absolute atomic E-state index is 0.106. The van der Waals surface area contributed by atoms with Crippen LogP contribution in [0.1, 0.15) is 30.9 Å². The van der Waals surface area contributed by atoms with Crippen LogP contribution < -0.4 is 5.73 Å². The van der Waals surface area contributed by atoms with Crippen LogP contribution in [0.3, 0.4) is 0 Å². The topological polar surface area (TPSA) is 29.3 Å². The summed E-state index contributed by atoms with van der Waals surface area (Å²) in [5.74, 6) is -0.178. The van der Waals surface area contributed by atoms with Gasteiger partial charge in [0.05, 0.1) is 0 Å². The Morgan fingerprint density at radius 3 is 2.94 bits per heavy atom. The van der Waals surface area contributed by atoms with E-state index in [-0.39, 0.29) is 17.9 Å². The number of likely N-dealkylation sites (tertiary alicyclic amines) is 1. The molecule has 1 aromatic rings. The number of hydrogen-bond donors (Lipinski definition) is 1. The lowest BCUT2D eigenvalue weighted by Crippen LogP contribution is -2.37. The van der Waals surface area contributed by atoms with Crippen molar-refractivity contribution in [2.75, 3.05) is 13.6 Å². The van der Waals surface area contributed by atoms with Gasteiger partial charge >= 0.3 is 0 Å². The fourth-order valence-corrected chi connectivity index (χ4v) is 2.56. The second-order valence-electron chi connectivity index (χ2n) is 4.64. The van der Waals surface area contributed by atoms with E-state index in [2.05, 4.69) is 11.9 Å². The Kier molecular flexibility index (Phi) is 3.56. The second-order valence-corrected chi connectivity index (χ2v) is 4.64. The Morgan fingerprint density at radius 1 is 1.38 bits per heavy atom. The van der Waals surface area contributed by atoms with Crippen LogP contribution in [0.15, 0.2) is 24.3 Å². The van der Waals surface area contributed by atoms with Crippen LogP contribution in [0.5, 0.6) is 0 Å². The maximum atomic E-state index is 13.2. The third-order valence-corrected chi connectivity index (χ3v) is 3.37. The molecule has 0 radical (unpaired) electrons. The molecule has 2 rings (SSSR count). The Balaban J connectivity index is 2.28. The first kappa shape index (κ1) is 11.6. The van der Waals surface area contributed by atoms with Crippen LogP contribution in [0.2, 0.25) is 0 Å². The SMILES string of the molecule is CN1CCCCC(N)C1c1cccc(F)c1. The van der Waals surface area contributed by atoms with Gasteiger partial charge in [-0.25, -0.2) is 4.39 Å². The summed E-state index contributed by atoms with van der Waals surface area (Å²) in [5, 5.41) is 0. The molecule has 0 aromatic heterocycles. The molecule has 0 aliphatic carbocycles. The molecule has 1 aliphatic heterocycles. The van der Waals surface area contributed by atoms with Gasteiger partial charge in [0.25, 0.3) is 0 Å². The number of nitrogens with zero attached hydrogens (tertiary/aromatic N) is 1. The average Bonchev–Trinajstić information content (AvgIpc) is 2.40. The summed E-state index contributed by atoms with van der Waals surface area (Å²) in [5.41, 5.74) is 7.18. The minimum Gasteiger partial charge on any atom is -0.326 e. The van der Waals surface area contributed by atoms with E-state index in [0.29, 0.717) is 0 Å². The maximum Gasteiger partial charge on any atom is 0.123 e. The first-order valence-electron chi connectivity index (χ1n) is 5.90. The molecule has 2 N–H and O–H groups in total. The molecule has 88 valence electrons. The molecule has 1 heterocycles. The van der Waals surface area contributed by atoms with Crippen molar-refractivity contribution in [2.45, 2.75) is 31.3 Å². The van der Waals surface area contributed by atoms with E-state index in [0.717, 1.165) is 24.9 Å². The molecular weight excluding hydrogens is 203 g/mol. The molecule has 2 unspecified atom stereocenters. The lowest BCUT2D eigenvalue weighted by Gasteiger charge is -2.30. The highest BCUT2D eigenvalue weighted by Crippen LogP contribution is 2.28. The van der Waals surface area contributed by atoms with Crippen LogP contribution in [0.4, 0.5) is 4.39 Å². The molecule has 0 saturated carbocycles. The number of rotatable bonds is 1. The summed E-state index contributed by atoms with van der Waals surface area (Å²) >= 11 is 0. The highest BCUT2D eigenvalue weighted by atomic mass is 19.1. The van der Waals surface area contributed by atoms with E-state index < -0.39 is 0 Å². The maximum absolute atomic E-state index is 13.2. The van der Waals surface area contributed by atoms with Crippen molar-refractivity contribution in [2.24, 2.45) is 5.73 Å². The summed E-state index contributed by atoms with van der Waals surface area (Å²) in [6.07, 6.45) is 3.36. The smallest absolute Gasteiger partial charge is 0.123 e. The molecule has 16 heavy (non-hydrogen) atoms. The Hall–Kier alpha value is -0.930. The quantitative estimate of drug-likeness (QED) is 0.790. The van der Waals surface area contributed by atoms with Crippen molar-refractivity contribution >= 4 is 0 Å². The molecule has 1 saturated heterocycles. The first-order chi connectivity index (χ1) is 7.68. The molecule has 0 bridgehead atoms. The molecule has 0 amide bonds. The molecule has 1 fully saturated rings. The van der Waals surface area contributed by atoms with Gasteiger partial charge in [-0.2, -0.15) is 0 Å². The van der Waals surface area contributed by atoms with Gasteiger partial charge in [-0.15, -0.1) is 0 Å². The van der Waals surface area contributed by atoms with E-state index in [4.69, 9.17) is 5.73 Å². The van der Waals surface area contributed by atoms with E-state index in [1.54, 1.807) is 12.1 Å². The molecule has 1 aliphatic rings. The number of likely N-dealkylation sites (N-methyl/N-ethyl adjacent to an activating group) is 1. The van der Waals surface area contributed by atoms with Crippen molar-refractivity contribution in [3.8, 4) is 0 Å². The second kappa shape index (κ2) is 4.93. The van der Waals surface area contributed by atoms with Gasteiger partial charge in [-0.1, -0.05) is 18.6 Å². The largest absolute Gasteiger partial charge is 0.326 e. The third kappa shape index (κ3) is 2.42. The fourth-order valence-electron chi connectivity index (χ4n) is 2.56. The lowest BCUT2D eigenvalue weighted by atomic mass is 9.96. The standard InChI is InChI=1S/C13H19FN2/c1-16-8-3-2-7-12(15)13(16)10-5-4-6-11(14)9-10/h4-6,9,12-13H,2-3,7-8,15H2,1H3. The van der Waals surface area contributed by atoms with Gasteiger partial charge in [0.1, 0.15) is 5.82 Å². The van der Waals surface area contributed by atoms with Crippen molar-refractivity contribution in [3.05, 3.63) is 35.6 Å². The fraction of sp³-hybridized carbons (Fsp3) is 0.538. The number of hydrogen-bond acceptors (Lipinski definition) is 2. The monoisotopic (exact) mass is 222 g/mol. The van der Waals surface area contributed by atoms with Crippen LogP contribution >= 0.6 is 0 Å². The zero-order valence-electron chi connectivity index (χ0n) is 9.70. The lowest BCUT2D eigenvalue weighted by molar-refractivity contribution is 0.229. The van der Waals surface area contributed by atoms with E-state index >= 15 is 0 Å². The zero-order chi connectivity index (χ0) is 11.5. The van der Waals surface area contributed by atoms with Gasteiger partial charge in [-0.3, -0.25) is 4.90 Å². The summed E-state index contributed by atoms with van der Waals surface area (Å²) in [6, 6.07) is 7.07. The van der Waals surface area contributed by atoms with Gasteiger partial charge in [-0.05, 0) is 44.1 Å². The van der Waals surface area contributed by atoms with Crippen LogP contribution in [0, 0.1) is 5.82 Å². The van der Waals surface area contributed by atoms with Gasteiger partial charge in [0, 0.05) is 12.1 Å². The Morgan fingerprint density at radius 2 is 2.19 bits per heavy atom. The first-order valence-corrected chi connectivity index (χ1v) is 5.90. The highest BCUT2D eigenvalue weighted by Gasteiger charge is 2.26. The van der Waals surface area contributed by atoms with Crippen LogP contribution in [0.25, 0.3) is 0 Å². The van der Waals surface area contributed by atoms with Gasteiger partial charge < -0.3 is 5.73 Å². The third-order valence-electron chi connectivity index (χ3n) is 3.37. The summed E-state index contributed by atoms with van der Waals surface area (Å²) in [6.45, 7) is 1.04. The number of benzene rings is 1. The molecular formula is C13H19FN2. The number of halogens is 1. The van der Waals surface area contributed by atoms with Crippen molar-refractivity contribution in [1.29, 1.82) is 0 Å². The molecule has 0 spiro atoms. The predicted octanol–water partition coefficient (Wildman–Crippen LogP) is 2.31. The summed E-state index contributed by atoms with van der Waals surface area (Å²) in [7, 11) is 2.07. The van der Waals surface area contributed by atoms with E-state index in [9.17, 15) is 4.39 Å². The van der Waals surface area contributed by atoms with Crippen molar-refractivity contribution in [3.63, 3.8) is 0 Å². The summed E-state index contributed by atoms with van der Waals surface area (Å²) in [4.78, 5) is 2.24. The Bertz CT molecular complexity index is 342. The molecule has 2 atom stereocenters. The van der Waals surface area contributed by atoms with Crippen LogP contribution in [-0.4, -0.2) is 24.5 Å². The normalized spacial score (nSPS) is 27.7. The average molecular weight is 222 g/mol. The molecule has 3 heteroatoms. The molecule has 2 nitrogen and oxygen atoms in total.